The summed E-state index contributed by atoms with van der Waals surface area (Å²) in [7, 11) is 2.66. The molecule has 3 amide bonds. The van der Waals surface area contributed by atoms with E-state index in [0.29, 0.717) is 71.5 Å². The minimum Gasteiger partial charge on any atom is -0.481 e. The van der Waals surface area contributed by atoms with E-state index in [0.717, 1.165) is 21.5 Å². The molecule has 0 saturated carbocycles. The SMILES string of the molecule is CC(=O)C[C@]1(n2cn[nH]c2=O)CC[C@@](CO[C@H](C)c2cc(C(F)(F)F)cc(C(F)(F)F)c2)(c2ccccc2)NC1.CON(C)C(=O)C[C@]1(n2cn[nH]c2=O)CC[C@@](CO[C@H](C)c2cc(C(F)(F)F)cc(C(F)(F)F)c2)(c2ccccc2)N(C(=O)OCc2ccccc2)C1.C[C@@H](OC[C@@]1(c2ccccc2)CC[C@](CC(=O)O)(n2cn[nH]c2=O)CN1C(=O)OCc1ccccc1)c1cc(C(F)(F)F)cc(C(F)(F)F)c1. The number of rotatable bonds is 29. The normalized spacial score (nSPS) is 20.8. The van der Waals surface area contributed by atoms with E-state index in [4.69, 9.17) is 28.5 Å². The lowest BCUT2D eigenvalue weighted by Crippen LogP contribution is -2.64. The smallest absolute Gasteiger partial charge is 0.416 e. The Bertz CT molecular complexity index is 6290. The lowest BCUT2D eigenvalue weighted by atomic mass is 9.73. The monoisotopic (exact) mass is 2030 g/mol. The van der Waals surface area contributed by atoms with Gasteiger partial charge in [-0.15, -0.1) is 0 Å². The largest absolute Gasteiger partial charge is 0.481 e. The van der Waals surface area contributed by atoms with Crippen LogP contribution in [0.25, 0.3) is 0 Å². The molecule has 14 rings (SSSR count). The van der Waals surface area contributed by atoms with Gasteiger partial charge in [-0.25, -0.2) is 44.3 Å². The number of alkyl halides is 18. The molecule has 0 bridgehead atoms. The molecule has 0 radical (unpaired) electrons. The number of benzene rings is 8. The average Bonchev–Trinajstić information content (AvgIpc) is 1.69. The number of carboxylic acids is 1. The number of aromatic amines is 3. The number of likely N-dealkylation sites (tertiary alicyclic amines) is 2. The molecule has 3 aromatic heterocycles. The highest BCUT2D eigenvalue weighted by Crippen LogP contribution is 2.51. The number of halogens is 18. The maximum absolute atomic E-state index is 14.4. The maximum Gasteiger partial charge on any atom is 0.416 e. The number of hydrogen-bond acceptors (Lipinski definition) is 18. The van der Waals surface area contributed by atoms with Crippen LogP contribution in [0.2, 0.25) is 0 Å². The van der Waals surface area contributed by atoms with E-state index in [-0.39, 0.29) is 101 Å². The molecule has 3 saturated heterocycles. The van der Waals surface area contributed by atoms with Gasteiger partial charge in [0.2, 0.25) is 5.91 Å². The van der Waals surface area contributed by atoms with Gasteiger partial charge in [0.1, 0.15) is 38.0 Å². The predicted molar refractivity (Wildman–Crippen MR) is 474 cm³/mol. The quantitative estimate of drug-likeness (QED) is 0.0215. The summed E-state index contributed by atoms with van der Waals surface area (Å²) >= 11 is 0. The van der Waals surface area contributed by atoms with Crippen molar-refractivity contribution < 1.29 is 137 Å². The molecule has 3 aliphatic rings. The highest BCUT2D eigenvalue weighted by Gasteiger charge is 2.58. The number of carbonyl (C=O) groups is 5. The van der Waals surface area contributed by atoms with Crippen molar-refractivity contribution in [3.05, 3.63) is 335 Å². The molecule has 46 heteroatoms. The molecule has 5 N–H and O–H groups in total. The van der Waals surface area contributed by atoms with Crippen LogP contribution in [-0.2, 0) is 126 Å². The molecular formula is C97H97F18N13O15. The van der Waals surface area contributed by atoms with Crippen molar-refractivity contribution in [1.29, 1.82) is 0 Å². The predicted octanol–water partition coefficient (Wildman–Crippen LogP) is 19.0. The zero-order chi connectivity index (χ0) is 104. The van der Waals surface area contributed by atoms with Crippen molar-refractivity contribution in [3.8, 4) is 0 Å². The lowest BCUT2D eigenvalue weighted by molar-refractivity contribution is -0.173. The van der Waals surface area contributed by atoms with E-state index in [2.05, 4.69) is 35.9 Å². The first-order chi connectivity index (χ1) is 67.2. The molecule has 3 aliphatic heterocycles. The van der Waals surface area contributed by atoms with Gasteiger partial charge in [-0.1, -0.05) is 152 Å². The maximum atomic E-state index is 14.4. The van der Waals surface area contributed by atoms with Crippen molar-refractivity contribution in [1.82, 2.24) is 64.5 Å². The second-order valence-corrected chi connectivity index (χ2v) is 35.2. The third-order valence-corrected chi connectivity index (χ3v) is 25.8. The zero-order valence-corrected chi connectivity index (χ0v) is 77.1. The first kappa shape index (κ1) is 108. The zero-order valence-electron chi connectivity index (χ0n) is 77.1. The van der Waals surface area contributed by atoms with Gasteiger partial charge in [0, 0.05) is 33.1 Å². The minimum atomic E-state index is -5.08. The second kappa shape index (κ2) is 43.6. The van der Waals surface area contributed by atoms with Crippen molar-refractivity contribution in [2.75, 3.05) is 53.6 Å². The number of amides is 3. The summed E-state index contributed by atoms with van der Waals surface area (Å²) in [6.45, 7) is 3.44. The Kier molecular flexibility index (Phi) is 33.0. The Morgan fingerprint density at radius 3 is 0.993 bits per heavy atom. The molecule has 0 unspecified atom stereocenters. The van der Waals surface area contributed by atoms with E-state index in [1.54, 1.807) is 140 Å². The van der Waals surface area contributed by atoms with Crippen LogP contribution in [0.15, 0.2) is 240 Å². The topological polar surface area (TPSA) is 335 Å². The Morgan fingerprint density at radius 1 is 0.406 bits per heavy atom. The summed E-state index contributed by atoms with van der Waals surface area (Å²) < 4.78 is 278. The number of aliphatic carboxylic acids is 1. The van der Waals surface area contributed by atoms with E-state index >= 15 is 0 Å². The summed E-state index contributed by atoms with van der Waals surface area (Å²) in [6.07, 6.45) is -32.5. The van der Waals surface area contributed by atoms with E-state index in [9.17, 15) is 122 Å². The molecule has 28 nitrogen and oxygen atoms in total. The van der Waals surface area contributed by atoms with E-state index in [1.807, 2.05) is 12.1 Å². The molecule has 143 heavy (non-hydrogen) atoms. The van der Waals surface area contributed by atoms with Gasteiger partial charge in [0.05, 0.1) is 125 Å². The van der Waals surface area contributed by atoms with Crippen LogP contribution in [0.5, 0.6) is 0 Å². The summed E-state index contributed by atoms with van der Waals surface area (Å²) in [5.41, 5.74) is -16.5. The van der Waals surface area contributed by atoms with Crippen molar-refractivity contribution in [3.63, 3.8) is 0 Å². The standard InChI is InChI=1S/C36H37F6N5O6.C34H32F6N4O6.C27H28F6N4O3/c1-24(26-16-28(35(37,38)39)18-29(17-26)36(40,41)42)53-22-34(27-12-8-5-9-13-27)15-14-33(19-30(48)45(2)51-3,47-23-43-44-31(47)49)21-46(34)32(50)52-20-25-10-6-4-7-11-25;1-22(24-14-26(33(35,36)37)16-27(15-24)34(38,39)40)50-20-32(25-10-6-3-7-11-25)13-12-31(17-28(45)46,44-21-41-42-29(44)47)19-43(32)30(48)49-18-23-8-4-2-5-9-23;1-17(38)13-24(37-16-35-36-23(37)39)8-9-25(34-14-24,20-6-4-3-5-7-20)15-40-18(2)19-10-21(26(28,29)30)12-22(11-19)27(31,32)33/h4-13,16-18,23-24H,14-15,19-22H2,1-3H3,(H,44,49);2-11,14-16,21-22H,12-13,17-20H2,1H3,(H,42,47)(H,45,46);3-7,10-12,16,18,34H,8-9,13-15H2,1-2H3,(H,36,39)/t24-,33-,34-;22-,31-,32-;18-,24-,25-/m111/s1. The number of hydrogen-bond donors (Lipinski definition) is 5. The number of Topliss-reactive ketones (excluding diaryl/α,β-unsaturated/α-hetero) is 1. The van der Waals surface area contributed by atoms with Gasteiger partial charge >= 0.3 is 72.3 Å². The average molecular weight is 2030 g/mol. The third-order valence-electron chi connectivity index (χ3n) is 25.8. The van der Waals surface area contributed by atoms with E-state index < -0.39 is 200 Å². The Balaban J connectivity index is 0.000000193. The number of aromatic nitrogens is 9. The number of hydroxylamine groups is 2. The number of carboxylic acid groups (broad SMARTS) is 1. The number of H-pyrrole nitrogens is 3. The lowest BCUT2D eigenvalue weighted by Gasteiger charge is -2.53. The van der Waals surface area contributed by atoms with Crippen molar-refractivity contribution in [2.45, 2.75) is 187 Å². The number of nitrogens with zero attached hydrogens (tertiary/aromatic N) is 9. The summed E-state index contributed by atoms with van der Waals surface area (Å²) in [6, 6.07) is 47.1. The summed E-state index contributed by atoms with van der Waals surface area (Å²) in [4.78, 5) is 112. The van der Waals surface area contributed by atoms with Crippen LogP contribution in [0.1, 0.15) is 182 Å². The van der Waals surface area contributed by atoms with Gasteiger partial charge < -0.3 is 34.1 Å². The van der Waals surface area contributed by atoms with Crippen LogP contribution in [0.4, 0.5) is 88.6 Å². The number of piperidine rings is 3. The summed E-state index contributed by atoms with van der Waals surface area (Å²) in [5.74, 6) is -1.96. The highest BCUT2D eigenvalue weighted by atomic mass is 19.4. The van der Waals surface area contributed by atoms with Crippen LogP contribution < -0.4 is 22.4 Å². The van der Waals surface area contributed by atoms with Crippen LogP contribution in [-0.4, -0.2) is 148 Å². The van der Waals surface area contributed by atoms with Crippen molar-refractivity contribution in [2.24, 2.45) is 0 Å². The molecule has 3 fully saturated rings. The molecule has 766 valence electrons. The number of ketones is 1. The molecule has 0 aliphatic carbocycles. The van der Waals surface area contributed by atoms with E-state index in [1.165, 1.54) is 73.4 Å². The molecule has 0 spiro atoms. The first-order valence-corrected chi connectivity index (χ1v) is 44.2. The van der Waals surface area contributed by atoms with Gasteiger partial charge in [-0.3, -0.25) is 42.7 Å². The Labute approximate surface area is 803 Å². The molecule has 9 atom stereocenters. The molecule has 8 aromatic carbocycles. The molecule has 6 heterocycles. The van der Waals surface area contributed by atoms with Crippen LogP contribution in [0, 0.1) is 0 Å². The Hall–Kier alpha value is -13.7. The fraction of sp³-hybridized carbons (Fsp3) is 0.392. The molecule has 11 aromatic rings. The second-order valence-electron chi connectivity index (χ2n) is 35.2. The summed E-state index contributed by atoms with van der Waals surface area (Å²) in [5, 5.41) is 32.6. The first-order valence-electron chi connectivity index (χ1n) is 44.2. The third kappa shape index (κ3) is 25.5. The van der Waals surface area contributed by atoms with Gasteiger partial charge in [0.25, 0.3) is 0 Å². The van der Waals surface area contributed by atoms with Gasteiger partial charge in [-0.2, -0.15) is 94.3 Å². The fourth-order valence-corrected chi connectivity index (χ4v) is 18.0. The number of nitrogens with one attached hydrogen (secondary N) is 4. The van der Waals surface area contributed by atoms with Gasteiger partial charge in [0.15, 0.2) is 0 Å². The van der Waals surface area contributed by atoms with Crippen LogP contribution in [0.3, 0.4) is 0 Å². The van der Waals surface area contributed by atoms with Gasteiger partial charge in [-0.05, 0) is 165 Å². The molecular weight excluding hydrogens is 1930 g/mol. The number of ether oxygens (including phenoxy) is 5. The highest BCUT2D eigenvalue weighted by molar-refractivity contribution is 5.77. The van der Waals surface area contributed by atoms with Crippen LogP contribution >= 0.6 is 0 Å². The minimum absolute atomic E-state index is 0.0117. The fourth-order valence-electron chi connectivity index (χ4n) is 18.0. The van der Waals surface area contributed by atoms with Crippen molar-refractivity contribution >= 4 is 29.8 Å². The Morgan fingerprint density at radius 2 is 0.706 bits per heavy atom. The number of carbonyl (C=O) groups excluding carboxylic acids is 4.